The zero-order valence-electron chi connectivity index (χ0n) is 12.1. The second-order valence-electron chi connectivity index (χ2n) is 5.09. The van der Waals surface area contributed by atoms with E-state index in [1.165, 1.54) is 0 Å². The summed E-state index contributed by atoms with van der Waals surface area (Å²) in [5.41, 5.74) is 1.17. The van der Waals surface area contributed by atoms with E-state index >= 15 is 0 Å². The molecule has 2 aromatic rings. The highest BCUT2D eigenvalue weighted by atomic mass is 16.5. The van der Waals surface area contributed by atoms with Crippen molar-refractivity contribution in [2.75, 3.05) is 10.6 Å². The molecule has 6 nitrogen and oxygen atoms in total. The Hall–Kier alpha value is -2.76. The summed E-state index contributed by atoms with van der Waals surface area (Å²) in [6.45, 7) is 1.68. The van der Waals surface area contributed by atoms with Crippen molar-refractivity contribution >= 4 is 23.2 Å². The Labute approximate surface area is 127 Å². The molecule has 114 valence electrons. The van der Waals surface area contributed by atoms with Crippen molar-refractivity contribution in [3.63, 3.8) is 0 Å². The molecule has 1 aromatic carbocycles. The lowest BCUT2D eigenvalue weighted by Gasteiger charge is -2.23. The van der Waals surface area contributed by atoms with Gasteiger partial charge in [0.1, 0.15) is 11.5 Å². The molecule has 1 aliphatic rings. The topological polar surface area (TPSA) is 80.6 Å². The molecular weight excluding hydrogens is 284 g/mol. The highest BCUT2D eigenvalue weighted by Gasteiger charge is 2.23. The zero-order chi connectivity index (χ0) is 15.5. The molecule has 1 aliphatic heterocycles. The number of benzene rings is 1. The van der Waals surface area contributed by atoms with Crippen LogP contribution in [0.4, 0.5) is 11.4 Å². The summed E-state index contributed by atoms with van der Waals surface area (Å²) >= 11 is 0. The summed E-state index contributed by atoms with van der Waals surface area (Å²) in [5.74, 6) is 1.05. The monoisotopic (exact) mass is 300 g/mol. The maximum absolute atomic E-state index is 11.9. The molecule has 0 bridgehead atoms. The molecule has 22 heavy (non-hydrogen) atoms. The van der Waals surface area contributed by atoms with E-state index in [2.05, 4.69) is 10.6 Å². The van der Waals surface area contributed by atoms with Crippen molar-refractivity contribution in [1.82, 2.24) is 0 Å². The molecule has 1 unspecified atom stereocenters. The Bertz CT molecular complexity index is 694. The molecule has 0 saturated heterocycles. The number of rotatable bonds is 4. The average Bonchev–Trinajstić information content (AvgIpc) is 3.00. The van der Waals surface area contributed by atoms with Gasteiger partial charge in [-0.05, 0) is 37.3 Å². The third-order valence-electron chi connectivity index (χ3n) is 3.37. The summed E-state index contributed by atoms with van der Waals surface area (Å²) in [7, 11) is 0. The smallest absolute Gasteiger partial charge is 0.265 e. The minimum atomic E-state index is -0.513. The molecule has 2 heterocycles. The molecule has 0 saturated carbocycles. The number of amides is 2. The summed E-state index contributed by atoms with van der Waals surface area (Å²) in [4.78, 5) is 23.5. The van der Waals surface area contributed by atoms with Crippen molar-refractivity contribution in [2.24, 2.45) is 0 Å². The number of nitrogens with one attached hydrogen (secondary N) is 2. The summed E-state index contributed by atoms with van der Waals surface area (Å²) in [5, 5.41) is 5.54. The quantitative estimate of drug-likeness (QED) is 0.909. The van der Waals surface area contributed by atoms with Crippen molar-refractivity contribution in [2.45, 2.75) is 25.9 Å². The van der Waals surface area contributed by atoms with Gasteiger partial charge in [0.05, 0.1) is 12.0 Å². The molecule has 0 radical (unpaired) electrons. The number of carbonyl (C=O) groups excluding carboxylic acids is 2. The molecule has 2 N–H and O–H groups in total. The van der Waals surface area contributed by atoms with Gasteiger partial charge in [0.2, 0.25) is 5.91 Å². The van der Waals surface area contributed by atoms with E-state index in [0.29, 0.717) is 30.0 Å². The van der Waals surface area contributed by atoms with Gasteiger partial charge < -0.3 is 19.8 Å². The minimum absolute atomic E-state index is 0.118. The molecule has 0 spiro atoms. The summed E-state index contributed by atoms with van der Waals surface area (Å²) < 4.78 is 10.6. The van der Waals surface area contributed by atoms with Crippen LogP contribution in [-0.4, -0.2) is 17.9 Å². The first-order valence-electron chi connectivity index (χ1n) is 7.05. The third-order valence-corrected chi connectivity index (χ3v) is 3.37. The SMILES string of the molecule is CC1Oc2ccc(NC(=O)CCc3ccco3)cc2NC1=O. The molecule has 1 atom stereocenters. The lowest BCUT2D eigenvalue weighted by Crippen LogP contribution is -2.34. The van der Waals surface area contributed by atoms with Crippen molar-refractivity contribution < 1.29 is 18.7 Å². The number of carbonyl (C=O) groups is 2. The highest BCUT2D eigenvalue weighted by Crippen LogP contribution is 2.32. The number of fused-ring (bicyclic) bond motifs is 1. The number of hydrogen-bond acceptors (Lipinski definition) is 4. The minimum Gasteiger partial charge on any atom is -0.479 e. The Balaban J connectivity index is 1.62. The van der Waals surface area contributed by atoms with E-state index in [9.17, 15) is 9.59 Å². The normalized spacial score (nSPS) is 16.4. The van der Waals surface area contributed by atoms with Crippen LogP contribution in [-0.2, 0) is 16.0 Å². The Morgan fingerprint density at radius 1 is 1.36 bits per heavy atom. The van der Waals surface area contributed by atoms with Gasteiger partial charge in [-0.25, -0.2) is 0 Å². The fraction of sp³-hybridized carbons (Fsp3) is 0.250. The van der Waals surface area contributed by atoms with Crippen molar-refractivity contribution in [3.05, 3.63) is 42.4 Å². The lowest BCUT2D eigenvalue weighted by molar-refractivity contribution is -0.122. The van der Waals surface area contributed by atoms with Gasteiger partial charge in [0, 0.05) is 18.5 Å². The van der Waals surface area contributed by atoms with Crippen LogP contribution < -0.4 is 15.4 Å². The largest absolute Gasteiger partial charge is 0.479 e. The standard InChI is InChI=1S/C16H16N2O4/c1-10-16(20)18-13-9-11(4-6-14(13)22-10)17-15(19)7-5-12-3-2-8-21-12/h2-4,6,8-10H,5,7H2,1H3,(H,17,19)(H,18,20). The van der Waals surface area contributed by atoms with Crippen LogP contribution >= 0.6 is 0 Å². The van der Waals surface area contributed by atoms with Gasteiger partial charge in [0.15, 0.2) is 6.10 Å². The van der Waals surface area contributed by atoms with Crippen molar-refractivity contribution in [3.8, 4) is 5.75 Å². The maximum atomic E-state index is 11.9. The molecule has 6 heteroatoms. The van der Waals surface area contributed by atoms with Gasteiger partial charge in [-0.3, -0.25) is 9.59 Å². The lowest BCUT2D eigenvalue weighted by atomic mass is 10.2. The van der Waals surface area contributed by atoms with E-state index < -0.39 is 6.10 Å². The van der Waals surface area contributed by atoms with Gasteiger partial charge in [-0.1, -0.05) is 0 Å². The fourth-order valence-corrected chi connectivity index (χ4v) is 2.20. The first-order chi connectivity index (χ1) is 10.6. The molecular formula is C16H16N2O4. The predicted octanol–water partition coefficient (Wildman–Crippen LogP) is 2.57. The van der Waals surface area contributed by atoms with E-state index in [-0.39, 0.29) is 11.8 Å². The number of hydrogen-bond donors (Lipinski definition) is 2. The summed E-state index contributed by atoms with van der Waals surface area (Å²) in [6.07, 6.45) is 1.94. The molecule has 1 aromatic heterocycles. The predicted molar refractivity (Wildman–Crippen MR) is 80.8 cm³/mol. The molecule has 0 fully saturated rings. The highest BCUT2D eigenvalue weighted by molar-refractivity contribution is 5.99. The molecule has 0 aliphatic carbocycles. The second-order valence-corrected chi connectivity index (χ2v) is 5.09. The van der Waals surface area contributed by atoms with Crippen LogP contribution in [0.2, 0.25) is 0 Å². The van der Waals surface area contributed by atoms with E-state index in [4.69, 9.17) is 9.15 Å². The van der Waals surface area contributed by atoms with Gasteiger partial charge in [-0.15, -0.1) is 0 Å². The summed E-state index contributed by atoms with van der Waals surface area (Å²) in [6, 6.07) is 8.78. The first kappa shape index (κ1) is 14.2. The Morgan fingerprint density at radius 3 is 3.00 bits per heavy atom. The van der Waals surface area contributed by atoms with Crippen LogP contribution in [0, 0.1) is 0 Å². The maximum Gasteiger partial charge on any atom is 0.265 e. The van der Waals surface area contributed by atoms with E-state index in [0.717, 1.165) is 5.76 Å². The number of anilines is 2. The van der Waals surface area contributed by atoms with Crippen LogP contribution in [0.3, 0.4) is 0 Å². The third kappa shape index (κ3) is 3.11. The van der Waals surface area contributed by atoms with E-state index in [1.807, 2.05) is 6.07 Å². The molecule has 2 amide bonds. The van der Waals surface area contributed by atoms with Gasteiger partial charge >= 0.3 is 0 Å². The van der Waals surface area contributed by atoms with Crippen LogP contribution in [0.1, 0.15) is 19.1 Å². The van der Waals surface area contributed by atoms with Gasteiger partial charge in [-0.2, -0.15) is 0 Å². The number of ether oxygens (including phenoxy) is 1. The fourth-order valence-electron chi connectivity index (χ4n) is 2.20. The second kappa shape index (κ2) is 5.93. The average molecular weight is 300 g/mol. The Kier molecular flexibility index (Phi) is 3.82. The van der Waals surface area contributed by atoms with E-state index in [1.54, 1.807) is 37.5 Å². The zero-order valence-corrected chi connectivity index (χ0v) is 12.1. The van der Waals surface area contributed by atoms with Crippen LogP contribution in [0.5, 0.6) is 5.75 Å². The van der Waals surface area contributed by atoms with Crippen LogP contribution in [0.25, 0.3) is 0 Å². The first-order valence-corrected chi connectivity index (χ1v) is 7.05. The Morgan fingerprint density at radius 2 is 2.23 bits per heavy atom. The molecule has 3 rings (SSSR count). The number of aryl methyl sites for hydroxylation is 1. The van der Waals surface area contributed by atoms with Crippen LogP contribution in [0.15, 0.2) is 41.0 Å². The van der Waals surface area contributed by atoms with Crippen molar-refractivity contribution in [1.29, 1.82) is 0 Å². The van der Waals surface area contributed by atoms with Gasteiger partial charge in [0.25, 0.3) is 5.91 Å². The number of furan rings is 1.